The summed E-state index contributed by atoms with van der Waals surface area (Å²) in [6, 6.07) is 16.6. The number of halogens is 3. The van der Waals surface area contributed by atoms with Crippen LogP contribution in [0.15, 0.2) is 60.8 Å². The van der Waals surface area contributed by atoms with E-state index >= 15 is 0 Å². The molecule has 0 spiro atoms. The number of nitrogens with one attached hydrogen (secondary N) is 2. The van der Waals surface area contributed by atoms with E-state index in [9.17, 15) is 5.11 Å². The summed E-state index contributed by atoms with van der Waals surface area (Å²) < 4.78 is 0. The Morgan fingerprint density at radius 3 is 2.34 bits per heavy atom. The Bertz CT molecular complexity index is 1280. The Hall–Kier alpha value is -2.64. The first-order chi connectivity index (χ1) is 15.4. The molecule has 0 aliphatic carbocycles. The summed E-state index contributed by atoms with van der Waals surface area (Å²) in [5.41, 5.74) is 4.18. The summed E-state index contributed by atoms with van der Waals surface area (Å²) in [5.74, 6) is 0.390. The molecule has 3 N–H and O–H groups in total. The molecule has 1 aromatic heterocycles. The number of benzene rings is 3. The van der Waals surface area contributed by atoms with E-state index in [1.165, 1.54) is 0 Å². The zero-order chi connectivity index (χ0) is 22.7. The van der Waals surface area contributed by atoms with E-state index in [0.717, 1.165) is 28.6 Å². The molecule has 0 aliphatic rings. The van der Waals surface area contributed by atoms with Gasteiger partial charge in [0.15, 0.2) is 16.7 Å². The Labute approximate surface area is 205 Å². The summed E-state index contributed by atoms with van der Waals surface area (Å²) >= 11 is 23.4. The van der Waals surface area contributed by atoms with Gasteiger partial charge in [-0.1, -0.05) is 53.0 Å². The smallest absolute Gasteiger partial charge is 0.171 e. The number of thiocarbonyl (C=S) groups is 1. The van der Waals surface area contributed by atoms with Crippen LogP contribution in [0, 0.1) is 0 Å². The van der Waals surface area contributed by atoms with E-state index in [-0.39, 0.29) is 15.8 Å². The third-order valence-corrected chi connectivity index (χ3v) is 5.82. The van der Waals surface area contributed by atoms with Crippen LogP contribution in [-0.2, 0) is 6.42 Å². The van der Waals surface area contributed by atoms with Crippen molar-refractivity contribution in [2.75, 3.05) is 11.9 Å². The number of anilines is 1. The average Bonchev–Trinajstić information content (AvgIpc) is 2.78. The minimum absolute atomic E-state index is 0.138. The van der Waals surface area contributed by atoms with Crippen molar-refractivity contribution in [2.24, 2.45) is 0 Å². The zero-order valence-electron chi connectivity index (χ0n) is 16.6. The number of phenolic OH excluding ortho intramolecular Hbond substituents is 1. The van der Waals surface area contributed by atoms with Gasteiger partial charge in [-0.05, 0) is 71.7 Å². The van der Waals surface area contributed by atoms with Crippen molar-refractivity contribution in [3.8, 4) is 16.9 Å². The fourth-order valence-electron chi connectivity index (χ4n) is 3.12. The van der Waals surface area contributed by atoms with Gasteiger partial charge in [-0.3, -0.25) is 4.98 Å². The van der Waals surface area contributed by atoms with E-state index in [1.807, 2.05) is 42.5 Å². The lowest BCUT2D eigenvalue weighted by molar-refractivity contribution is 0.476. The topological polar surface area (TPSA) is 70.1 Å². The van der Waals surface area contributed by atoms with Gasteiger partial charge < -0.3 is 15.7 Å². The van der Waals surface area contributed by atoms with Gasteiger partial charge in [0.25, 0.3) is 0 Å². The molecule has 4 aromatic rings. The van der Waals surface area contributed by atoms with Crippen LogP contribution in [0.4, 0.5) is 5.82 Å². The summed E-state index contributed by atoms with van der Waals surface area (Å²) in [6.45, 7) is 0.668. The van der Waals surface area contributed by atoms with Crippen LogP contribution in [-0.4, -0.2) is 26.7 Å². The fraction of sp³-hybridized carbons (Fsp3) is 0.0870. The van der Waals surface area contributed by atoms with Crippen molar-refractivity contribution >= 4 is 69.0 Å². The first kappa shape index (κ1) is 22.6. The van der Waals surface area contributed by atoms with Gasteiger partial charge in [0.1, 0.15) is 0 Å². The Morgan fingerprint density at radius 2 is 1.62 bits per heavy atom. The molecule has 9 heteroatoms. The Kier molecular flexibility index (Phi) is 6.96. The van der Waals surface area contributed by atoms with Crippen LogP contribution in [0.1, 0.15) is 5.56 Å². The van der Waals surface area contributed by atoms with Crippen molar-refractivity contribution in [3.63, 3.8) is 0 Å². The Balaban J connectivity index is 1.45. The van der Waals surface area contributed by atoms with Crippen molar-refractivity contribution in [2.45, 2.75) is 6.42 Å². The maximum atomic E-state index is 9.79. The number of nitrogens with zero attached hydrogens (tertiary/aromatic N) is 2. The van der Waals surface area contributed by atoms with Gasteiger partial charge in [-0.2, -0.15) is 0 Å². The standard InChI is InChI=1S/C23H17Cl3N4OS/c24-16-4-1-13(2-5-16)7-8-27-23(32)30-21-12-28-19-6-3-14(11-20(19)29-21)15-9-17(25)22(31)18(26)10-15/h1-6,9-12,31H,7-8H2,(H2,27,29,30,32). The molecular weight excluding hydrogens is 487 g/mol. The molecule has 0 unspecified atom stereocenters. The zero-order valence-corrected chi connectivity index (χ0v) is 19.7. The third kappa shape index (κ3) is 5.40. The molecule has 0 radical (unpaired) electrons. The minimum Gasteiger partial charge on any atom is -0.505 e. The van der Waals surface area contributed by atoms with E-state index in [2.05, 4.69) is 20.6 Å². The normalized spacial score (nSPS) is 10.8. The largest absolute Gasteiger partial charge is 0.505 e. The van der Waals surface area contributed by atoms with Crippen LogP contribution in [0.2, 0.25) is 15.1 Å². The maximum Gasteiger partial charge on any atom is 0.171 e. The number of fused-ring (bicyclic) bond motifs is 1. The molecule has 5 nitrogen and oxygen atoms in total. The molecule has 0 saturated carbocycles. The SMILES string of the molecule is Oc1c(Cl)cc(-c2ccc3ncc(NC(=S)NCCc4ccc(Cl)cc4)nc3c2)cc1Cl. The summed E-state index contributed by atoms with van der Waals surface area (Å²) in [4.78, 5) is 9.05. The molecule has 0 amide bonds. The Morgan fingerprint density at radius 1 is 0.906 bits per heavy atom. The second-order valence-corrected chi connectivity index (χ2v) is 8.66. The highest BCUT2D eigenvalue weighted by molar-refractivity contribution is 7.80. The van der Waals surface area contributed by atoms with Crippen LogP contribution in [0.5, 0.6) is 5.75 Å². The van der Waals surface area contributed by atoms with Crippen molar-refractivity contribution in [1.29, 1.82) is 0 Å². The van der Waals surface area contributed by atoms with Crippen molar-refractivity contribution in [1.82, 2.24) is 15.3 Å². The first-order valence-corrected chi connectivity index (χ1v) is 11.2. The van der Waals surface area contributed by atoms with Crippen LogP contribution in [0.25, 0.3) is 22.2 Å². The molecule has 162 valence electrons. The lowest BCUT2D eigenvalue weighted by Crippen LogP contribution is -2.30. The predicted molar refractivity (Wildman–Crippen MR) is 136 cm³/mol. The van der Waals surface area contributed by atoms with Crippen LogP contribution >= 0.6 is 47.0 Å². The second-order valence-electron chi connectivity index (χ2n) is 7.00. The molecule has 0 bridgehead atoms. The molecule has 0 saturated heterocycles. The van der Waals surface area contributed by atoms with Gasteiger partial charge in [0, 0.05) is 11.6 Å². The number of aromatic nitrogens is 2. The number of aromatic hydroxyl groups is 1. The lowest BCUT2D eigenvalue weighted by atomic mass is 10.0. The number of rotatable bonds is 5. The second kappa shape index (κ2) is 9.88. The van der Waals surface area contributed by atoms with E-state index in [1.54, 1.807) is 18.3 Å². The predicted octanol–water partition coefficient (Wildman–Crippen LogP) is 6.49. The van der Waals surface area contributed by atoms with E-state index in [0.29, 0.717) is 28.0 Å². The average molecular weight is 504 g/mol. The van der Waals surface area contributed by atoms with Gasteiger partial charge in [0.2, 0.25) is 0 Å². The molecule has 1 heterocycles. The molecule has 3 aromatic carbocycles. The highest BCUT2D eigenvalue weighted by Gasteiger charge is 2.10. The number of hydrogen-bond donors (Lipinski definition) is 3. The molecule has 4 rings (SSSR count). The van der Waals surface area contributed by atoms with Gasteiger partial charge in [0.05, 0.1) is 27.3 Å². The fourth-order valence-corrected chi connectivity index (χ4v) is 3.94. The van der Waals surface area contributed by atoms with Gasteiger partial charge in [-0.15, -0.1) is 0 Å². The van der Waals surface area contributed by atoms with Gasteiger partial charge in [-0.25, -0.2) is 4.98 Å². The first-order valence-electron chi connectivity index (χ1n) is 9.63. The molecule has 0 fully saturated rings. The summed E-state index contributed by atoms with van der Waals surface area (Å²) in [7, 11) is 0. The number of phenols is 1. The van der Waals surface area contributed by atoms with Crippen molar-refractivity contribution < 1.29 is 5.11 Å². The van der Waals surface area contributed by atoms with Crippen LogP contribution in [0.3, 0.4) is 0 Å². The van der Waals surface area contributed by atoms with E-state index in [4.69, 9.17) is 47.0 Å². The minimum atomic E-state index is -0.138. The monoisotopic (exact) mass is 502 g/mol. The molecule has 0 atom stereocenters. The molecular formula is C23H17Cl3N4OS. The highest BCUT2D eigenvalue weighted by Crippen LogP contribution is 2.36. The van der Waals surface area contributed by atoms with Gasteiger partial charge >= 0.3 is 0 Å². The quantitative estimate of drug-likeness (QED) is 0.270. The highest BCUT2D eigenvalue weighted by atomic mass is 35.5. The van der Waals surface area contributed by atoms with Crippen LogP contribution < -0.4 is 10.6 Å². The molecule has 0 aliphatic heterocycles. The maximum absolute atomic E-state index is 9.79. The molecule has 32 heavy (non-hydrogen) atoms. The summed E-state index contributed by atoms with van der Waals surface area (Å²) in [5, 5.41) is 17.6. The lowest BCUT2D eigenvalue weighted by Gasteiger charge is -2.11. The van der Waals surface area contributed by atoms with Crippen molar-refractivity contribution in [3.05, 3.63) is 81.4 Å². The third-order valence-electron chi connectivity index (χ3n) is 4.75. The number of hydrogen-bond acceptors (Lipinski definition) is 4. The van der Waals surface area contributed by atoms with E-state index < -0.39 is 0 Å². The summed E-state index contributed by atoms with van der Waals surface area (Å²) in [6.07, 6.45) is 2.44.